The largest absolute Gasteiger partial charge is 0.456 e. The molecule has 0 fully saturated rings. The number of aromatic nitrogens is 3. The second kappa shape index (κ2) is 12.5. The lowest BCUT2D eigenvalue weighted by atomic mass is 9.95. The number of furan rings is 1. The van der Waals surface area contributed by atoms with Gasteiger partial charge in [0, 0.05) is 47.8 Å². The standard InChI is InChI=1S/C48H31N3OS/c1-3-4-21-42-29(2)35-24-23-33(28-43(35)52-42)47-49-46(31-14-6-5-7-15-31)50-48(51-47)41-27-34(26-32-16-9-10-17-36(32)41)38-19-12-20-39-40-25-22-30-13-8-11-18-37(30)44(40)53-45(38)39/h3-28H,1H2,2H3/b21-4-. The molecule has 4 nitrogen and oxygen atoms in total. The Kier molecular flexibility index (Phi) is 7.34. The van der Waals surface area contributed by atoms with Crippen molar-refractivity contribution in [1.29, 1.82) is 0 Å². The van der Waals surface area contributed by atoms with Gasteiger partial charge < -0.3 is 4.42 Å². The fourth-order valence-electron chi connectivity index (χ4n) is 7.44. The van der Waals surface area contributed by atoms with Crippen LogP contribution in [0.25, 0.3) is 104 Å². The molecule has 0 aliphatic carbocycles. The molecule has 0 saturated heterocycles. The average Bonchev–Trinajstić information content (AvgIpc) is 3.76. The monoisotopic (exact) mass is 697 g/mol. The number of nitrogens with zero attached hydrogens (tertiary/aromatic N) is 3. The zero-order chi connectivity index (χ0) is 35.5. The van der Waals surface area contributed by atoms with E-state index in [0.29, 0.717) is 17.5 Å². The summed E-state index contributed by atoms with van der Waals surface area (Å²) in [5, 5.41) is 8.36. The van der Waals surface area contributed by atoms with Crippen molar-refractivity contribution in [2.75, 3.05) is 0 Å². The van der Waals surface area contributed by atoms with Gasteiger partial charge in [-0.25, -0.2) is 15.0 Å². The van der Waals surface area contributed by atoms with Crippen molar-refractivity contribution >= 4 is 70.1 Å². The van der Waals surface area contributed by atoms with Crippen LogP contribution in [0.15, 0.2) is 163 Å². The SMILES string of the molecule is C=C/C=C\c1oc2cc(-c3nc(-c4ccccc4)nc(-c4cc(-c5cccc6c5sc5c7ccccc7ccc65)cc5ccccc45)n3)ccc2c1C. The van der Waals surface area contributed by atoms with Gasteiger partial charge in [0.05, 0.1) is 0 Å². The minimum absolute atomic E-state index is 0.584. The van der Waals surface area contributed by atoms with Crippen LogP contribution < -0.4 is 0 Å². The van der Waals surface area contributed by atoms with Crippen LogP contribution in [0.4, 0.5) is 0 Å². The first-order chi connectivity index (χ1) is 26.1. The summed E-state index contributed by atoms with van der Waals surface area (Å²) < 4.78 is 8.87. The second-order valence-corrected chi connectivity index (χ2v) is 14.3. The Labute approximate surface area is 310 Å². The predicted octanol–water partition coefficient (Wildman–Crippen LogP) is 13.5. The fraction of sp³-hybridized carbons (Fsp3) is 0.0208. The maximum Gasteiger partial charge on any atom is 0.164 e. The molecule has 10 rings (SSSR count). The Morgan fingerprint density at radius 1 is 0.528 bits per heavy atom. The van der Waals surface area contributed by atoms with Gasteiger partial charge in [-0.3, -0.25) is 0 Å². The van der Waals surface area contributed by atoms with E-state index in [1.54, 1.807) is 6.08 Å². The highest BCUT2D eigenvalue weighted by Gasteiger charge is 2.19. The zero-order valence-electron chi connectivity index (χ0n) is 28.9. The highest BCUT2D eigenvalue weighted by Crippen LogP contribution is 2.44. The summed E-state index contributed by atoms with van der Waals surface area (Å²) in [6, 6.07) is 49.2. The van der Waals surface area contributed by atoms with Crippen molar-refractivity contribution in [2.24, 2.45) is 0 Å². The van der Waals surface area contributed by atoms with E-state index in [1.807, 2.05) is 59.9 Å². The lowest BCUT2D eigenvalue weighted by Crippen LogP contribution is -2.01. The number of rotatable bonds is 6. The Hall–Kier alpha value is -6.69. The second-order valence-electron chi connectivity index (χ2n) is 13.3. The molecule has 0 radical (unpaired) electrons. The van der Waals surface area contributed by atoms with Crippen molar-refractivity contribution in [1.82, 2.24) is 15.0 Å². The first kappa shape index (κ1) is 31.1. The van der Waals surface area contributed by atoms with E-state index >= 15 is 0 Å². The maximum absolute atomic E-state index is 6.29. The summed E-state index contributed by atoms with van der Waals surface area (Å²) in [7, 11) is 0. The summed E-state index contributed by atoms with van der Waals surface area (Å²) in [6.07, 6.45) is 5.58. The topological polar surface area (TPSA) is 51.8 Å². The van der Waals surface area contributed by atoms with Crippen LogP contribution >= 0.6 is 11.3 Å². The van der Waals surface area contributed by atoms with Gasteiger partial charge in [0.25, 0.3) is 0 Å². The normalized spacial score (nSPS) is 11.9. The molecular weight excluding hydrogens is 667 g/mol. The van der Waals surface area contributed by atoms with Gasteiger partial charge in [-0.15, -0.1) is 11.3 Å². The van der Waals surface area contributed by atoms with Gasteiger partial charge in [0.15, 0.2) is 17.5 Å². The molecule has 0 saturated carbocycles. The first-order valence-electron chi connectivity index (χ1n) is 17.6. The van der Waals surface area contributed by atoms with Gasteiger partial charge in [-0.05, 0) is 63.9 Å². The highest BCUT2D eigenvalue weighted by atomic mass is 32.1. The van der Waals surface area contributed by atoms with Crippen molar-refractivity contribution in [3.63, 3.8) is 0 Å². The highest BCUT2D eigenvalue weighted by molar-refractivity contribution is 7.27. The molecule has 0 bridgehead atoms. The van der Waals surface area contributed by atoms with Gasteiger partial charge in [0.1, 0.15) is 11.3 Å². The van der Waals surface area contributed by atoms with Crippen LogP contribution in [0.1, 0.15) is 11.3 Å². The Morgan fingerprint density at radius 3 is 2.08 bits per heavy atom. The van der Waals surface area contributed by atoms with Crippen LogP contribution in [0.2, 0.25) is 0 Å². The molecule has 3 heterocycles. The summed E-state index contributed by atoms with van der Waals surface area (Å²) in [5.74, 6) is 2.63. The molecule has 0 atom stereocenters. The number of benzene rings is 7. The zero-order valence-corrected chi connectivity index (χ0v) is 29.7. The smallest absolute Gasteiger partial charge is 0.164 e. The molecule has 7 aromatic carbocycles. The molecule has 53 heavy (non-hydrogen) atoms. The molecule has 0 aliphatic heterocycles. The molecule has 5 heteroatoms. The summed E-state index contributed by atoms with van der Waals surface area (Å²) in [6.45, 7) is 5.87. The number of allylic oxidation sites excluding steroid dienone is 2. The van der Waals surface area contributed by atoms with E-state index in [0.717, 1.165) is 55.3 Å². The van der Waals surface area contributed by atoms with E-state index in [2.05, 4.69) is 117 Å². The third kappa shape index (κ3) is 5.24. The van der Waals surface area contributed by atoms with Gasteiger partial charge in [0.2, 0.25) is 0 Å². The number of fused-ring (bicyclic) bond motifs is 7. The lowest BCUT2D eigenvalue weighted by Gasteiger charge is -2.13. The van der Waals surface area contributed by atoms with E-state index < -0.39 is 0 Å². The quantitative estimate of drug-likeness (QED) is 0.162. The summed E-state index contributed by atoms with van der Waals surface area (Å²) in [5.41, 5.74) is 6.91. The van der Waals surface area contributed by atoms with Gasteiger partial charge >= 0.3 is 0 Å². The molecule has 0 spiro atoms. The van der Waals surface area contributed by atoms with Gasteiger partial charge in [-0.1, -0.05) is 140 Å². The van der Waals surface area contributed by atoms with Crippen LogP contribution in [-0.4, -0.2) is 15.0 Å². The van der Waals surface area contributed by atoms with Gasteiger partial charge in [-0.2, -0.15) is 0 Å². The summed E-state index contributed by atoms with van der Waals surface area (Å²) in [4.78, 5) is 15.4. The third-order valence-electron chi connectivity index (χ3n) is 10.1. The van der Waals surface area contributed by atoms with E-state index in [9.17, 15) is 0 Å². The van der Waals surface area contributed by atoms with Crippen molar-refractivity contribution in [3.8, 4) is 45.3 Å². The molecular formula is C48H31N3OS. The first-order valence-corrected chi connectivity index (χ1v) is 18.5. The van der Waals surface area contributed by atoms with Crippen molar-refractivity contribution < 1.29 is 4.42 Å². The van der Waals surface area contributed by atoms with Crippen LogP contribution in [-0.2, 0) is 0 Å². The number of thiophene rings is 1. The Balaban J connectivity index is 1.20. The molecule has 10 aromatic rings. The van der Waals surface area contributed by atoms with Crippen LogP contribution in [0, 0.1) is 6.92 Å². The summed E-state index contributed by atoms with van der Waals surface area (Å²) >= 11 is 1.87. The molecule has 0 aliphatic rings. The third-order valence-corrected chi connectivity index (χ3v) is 11.4. The van der Waals surface area contributed by atoms with E-state index in [1.165, 1.54) is 36.5 Å². The minimum Gasteiger partial charge on any atom is -0.456 e. The number of hydrogen-bond acceptors (Lipinski definition) is 5. The molecule has 0 N–H and O–H groups in total. The molecule has 250 valence electrons. The fourth-order valence-corrected chi connectivity index (χ4v) is 8.82. The minimum atomic E-state index is 0.584. The number of hydrogen-bond donors (Lipinski definition) is 0. The van der Waals surface area contributed by atoms with E-state index in [-0.39, 0.29) is 0 Å². The Bertz CT molecular complexity index is 3100. The van der Waals surface area contributed by atoms with Crippen LogP contribution in [0.5, 0.6) is 0 Å². The number of aryl methyl sites for hydroxylation is 1. The molecule has 3 aromatic heterocycles. The predicted molar refractivity (Wildman–Crippen MR) is 223 cm³/mol. The van der Waals surface area contributed by atoms with Crippen molar-refractivity contribution in [3.05, 3.63) is 170 Å². The molecule has 0 unspecified atom stereocenters. The average molecular weight is 698 g/mol. The van der Waals surface area contributed by atoms with Crippen molar-refractivity contribution in [2.45, 2.75) is 6.92 Å². The lowest BCUT2D eigenvalue weighted by molar-refractivity contribution is 0.601. The Morgan fingerprint density at radius 2 is 1.23 bits per heavy atom. The maximum atomic E-state index is 6.29. The molecule has 0 amide bonds. The van der Waals surface area contributed by atoms with E-state index in [4.69, 9.17) is 19.4 Å². The van der Waals surface area contributed by atoms with Crippen LogP contribution in [0.3, 0.4) is 0 Å².